The Balaban J connectivity index is 1.63. The fourth-order valence-electron chi connectivity index (χ4n) is 3.92. The Bertz CT molecular complexity index is 1090. The van der Waals surface area contributed by atoms with Gasteiger partial charge in [0.15, 0.2) is 0 Å². The number of ketones is 2. The first-order valence-electron chi connectivity index (χ1n) is 10.1. The minimum atomic E-state index is -0.653. The number of rotatable bonds is 5. The van der Waals surface area contributed by atoms with Gasteiger partial charge in [-0.2, -0.15) is 0 Å². The second kappa shape index (κ2) is 8.34. The number of hydrazine groups is 1. The standard InChI is InChI=1S/C24H25N3O3Se/c1-24(2)12-19(27(26)13-15(25)14-31-16-8-4-3-5-9-16)20-21(28)17-10-6-7-11-18(17)22(29)23(20)30-24/h3-11,13,19H,12,14,25-26H2,1-2H3/b15-13-. The normalized spacial score (nSPS) is 20.1. The summed E-state index contributed by atoms with van der Waals surface area (Å²) in [5.41, 5.74) is 7.30. The summed E-state index contributed by atoms with van der Waals surface area (Å²) in [6, 6.07) is 16.5. The van der Waals surface area contributed by atoms with Crippen LogP contribution < -0.4 is 16.0 Å². The molecule has 0 spiro atoms. The van der Waals surface area contributed by atoms with Crippen LogP contribution in [-0.4, -0.2) is 43.2 Å². The Hall–Kier alpha value is -2.86. The average molecular weight is 482 g/mol. The molecular formula is C24H25N3O3Se. The topological polar surface area (TPSA) is 98.7 Å². The molecule has 2 aromatic rings. The first-order chi connectivity index (χ1) is 14.8. The molecule has 2 aliphatic rings. The van der Waals surface area contributed by atoms with Crippen molar-refractivity contribution in [2.45, 2.75) is 37.2 Å². The molecule has 31 heavy (non-hydrogen) atoms. The first-order valence-corrected chi connectivity index (χ1v) is 12.1. The molecule has 1 unspecified atom stereocenters. The minimum absolute atomic E-state index is 0.0980. The number of ether oxygens (including phenoxy) is 1. The molecule has 4 rings (SSSR count). The van der Waals surface area contributed by atoms with E-state index < -0.39 is 11.6 Å². The second-order valence-corrected chi connectivity index (χ2v) is 10.5. The molecular weight excluding hydrogens is 457 g/mol. The summed E-state index contributed by atoms with van der Waals surface area (Å²) < 4.78 is 7.23. The monoisotopic (exact) mass is 483 g/mol. The van der Waals surface area contributed by atoms with Crippen LogP contribution in [0.3, 0.4) is 0 Å². The van der Waals surface area contributed by atoms with Gasteiger partial charge in [-0.15, -0.1) is 0 Å². The summed E-state index contributed by atoms with van der Waals surface area (Å²) >= 11 is 0.178. The molecule has 4 N–H and O–H groups in total. The van der Waals surface area contributed by atoms with Crippen molar-refractivity contribution in [3.63, 3.8) is 0 Å². The Morgan fingerprint density at radius 2 is 1.71 bits per heavy atom. The number of carbonyl (C=O) groups is 2. The Morgan fingerprint density at radius 1 is 1.10 bits per heavy atom. The number of Topliss-reactive ketones (excluding diaryl/α,β-unsaturated/α-hetero) is 2. The van der Waals surface area contributed by atoms with Crippen LogP contribution in [-0.2, 0) is 4.74 Å². The Kier molecular flexibility index (Phi) is 5.75. The van der Waals surface area contributed by atoms with Crippen molar-refractivity contribution in [2.24, 2.45) is 11.6 Å². The van der Waals surface area contributed by atoms with Crippen molar-refractivity contribution in [3.05, 3.63) is 89.0 Å². The number of carbonyl (C=O) groups excluding carboxylic acids is 2. The fraction of sp³-hybridized carbons (Fsp3) is 0.250. The molecule has 1 atom stereocenters. The van der Waals surface area contributed by atoms with Crippen LogP contribution >= 0.6 is 0 Å². The molecule has 0 radical (unpaired) electrons. The number of fused-ring (bicyclic) bond motifs is 1. The van der Waals surface area contributed by atoms with E-state index in [1.165, 1.54) is 9.47 Å². The molecule has 1 aliphatic carbocycles. The van der Waals surface area contributed by atoms with Gasteiger partial charge in [-0.25, -0.2) is 0 Å². The number of allylic oxidation sites excluding steroid dienone is 2. The maximum absolute atomic E-state index is 13.3. The fourth-order valence-corrected chi connectivity index (χ4v) is 5.51. The molecule has 6 nitrogen and oxygen atoms in total. The van der Waals surface area contributed by atoms with Gasteiger partial charge in [0, 0.05) is 0 Å². The van der Waals surface area contributed by atoms with E-state index >= 15 is 0 Å². The average Bonchev–Trinajstić information content (AvgIpc) is 2.75. The van der Waals surface area contributed by atoms with Gasteiger partial charge in [-0.3, -0.25) is 0 Å². The molecule has 0 saturated carbocycles. The summed E-state index contributed by atoms with van der Waals surface area (Å²) in [5, 5.41) is 2.16. The summed E-state index contributed by atoms with van der Waals surface area (Å²) in [6.45, 7) is 3.78. The van der Waals surface area contributed by atoms with Crippen molar-refractivity contribution >= 4 is 31.0 Å². The van der Waals surface area contributed by atoms with E-state index in [1.807, 2.05) is 32.0 Å². The number of nitrogens with two attached hydrogens (primary N) is 2. The molecule has 160 valence electrons. The van der Waals surface area contributed by atoms with E-state index in [2.05, 4.69) is 12.1 Å². The Labute approximate surface area is 188 Å². The van der Waals surface area contributed by atoms with Crippen LogP contribution in [0.15, 0.2) is 77.8 Å². The first kappa shape index (κ1) is 21.4. The zero-order valence-electron chi connectivity index (χ0n) is 17.5. The summed E-state index contributed by atoms with van der Waals surface area (Å²) in [7, 11) is 0. The summed E-state index contributed by atoms with van der Waals surface area (Å²) in [6.07, 6.45) is 2.14. The van der Waals surface area contributed by atoms with Crippen LogP contribution in [0.2, 0.25) is 5.32 Å². The van der Waals surface area contributed by atoms with Gasteiger partial charge in [0.2, 0.25) is 0 Å². The van der Waals surface area contributed by atoms with Crippen molar-refractivity contribution < 1.29 is 14.3 Å². The van der Waals surface area contributed by atoms with Gasteiger partial charge in [0.1, 0.15) is 0 Å². The van der Waals surface area contributed by atoms with Gasteiger partial charge in [0.25, 0.3) is 0 Å². The predicted octanol–water partition coefficient (Wildman–Crippen LogP) is 2.31. The third-order valence-corrected chi connectivity index (χ3v) is 7.60. The Morgan fingerprint density at radius 3 is 2.39 bits per heavy atom. The molecule has 0 bridgehead atoms. The van der Waals surface area contributed by atoms with Crippen LogP contribution in [0.1, 0.15) is 41.0 Å². The van der Waals surface area contributed by atoms with Gasteiger partial charge in [-0.05, 0) is 0 Å². The van der Waals surface area contributed by atoms with E-state index in [0.29, 0.717) is 34.1 Å². The van der Waals surface area contributed by atoms with Crippen LogP contribution in [0, 0.1) is 0 Å². The van der Waals surface area contributed by atoms with Gasteiger partial charge in [-0.1, -0.05) is 0 Å². The van der Waals surface area contributed by atoms with Crippen molar-refractivity contribution in [2.75, 3.05) is 0 Å². The molecule has 0 aromatic heterocycles. The molecule has 0 amide bonds. The van der Waals surface area contributed by atoms with E-state index in [4.69, 9.17) is 16.3 Å². The summed E-state index contributed by atoms with van der Waals surface area (Å²) in [4.78, 5) is 26.4. The third kappa shape index (κ3) is 4.30. The number of hydrogen-bond donors (Lipinski definition) is 2. The van der Waals surface area contributed by atoms with Gasteiger partial charge >= 0.3 is 188 Å². The molecule has 7 heteroatoms. The maximum atomic E-state index is 13.3. The van der Waals surface area contributed by atoms with Crippen LogP contribution in [0.4, 0.5) is 0 Å². The van der Waals surface area contributed by atoms with Crippen molar-refractivity contribution in [1.82, 2.24) is 5.01 Å². The van der Waals surface area contributed by atoms with Crippen molar-refractivity contribution in [1.29, 1.82) is 0 Å². The van der Waals surface area contributed by atoms with Crippen LogP contribution in [0.5, 0.6) is 0 Å². The third-order valence-electron chi connectivity index (χ3n) is 5.33. The molecule has 1 heterocycles. The zero-order valence-corrected chi connectivity index (χ0v) is 19.2. The van der Waals surface area contributed by atoms with Gasteiger partial charge < -0.3 is 0 Å². The molecule has 0 fully saturated rings. The molecule has 1 aliphatic heterocycles. The molecule has 2 aromatic carbocycles. The number of nitrogens with zero attached hydrogens (tertiary/aromatic N) is 1. The summed E-state index contributed by atoms with van der Waals surface area (Å²) in [5.74, 6) is 6.00. The van der Waals surface area contributed by atoms with Gasteiger partial charge in [0.05, 0.1) is 0 Å². The van der Waals surface area contributed by atoms with E-state index in [-0.39, 0.29) is 32.3 Å². The second-order valence-electron chi connectivity index (χ2n) is 8.28. The zero-order chi connectivity index (χ0) is 22.2. The SMILES string of the molecule is CC1(C)CC(N(N)/C=C(\N)C[Se]c2ccccc2)C2=C(O1)C(=O)c1ccccc1C2=O. The molecule has 0 saturated heterocycles. The van der Waals surface area contributed by atoms with Crippen LogP contribution in [0.25, 0.3) is 0 Å². The number of hydrogen-bond acceptors (Lipinski definition) is 6. The number of benzene rings is 2. The van der Waals surface area contributed by atoms with E-state index in [9.17, 15) is 9.59 Å². The quantitative estimate of drug-likeness (QED) is 0.386. The van der Waals surface area contributed by atoms with E-state index in [0.717, 1.165) is 0 Å². The predicted molar refractivity (Wildman–Crippen MR) is 121 cm³/mol. The van der Waals surface area contributed by atoms with E-state index in [1.54, 1.807) is 30.5 Å². The van der Waals surface area contributed by atoms with Crippen molar-refractivity contribution in [3.8, 4) is 0 Å².